The van der Waals surface area contributed by atoms with E-state index in [1.54, 1.807) is 12.3 Å². The van der Waals surface area contributed by atoms with Gasteiger partial charge in [-0.1, -0.05) is 13.0 Å². The number of fused-ring (bicyclic) bond motifs is 1. The molecule has 0 radical (unpaired) electrons. The van der Waals surface area contributed by atoms with Crippen LogP contribution in [0.1, 0.15) is 37.5 Å². The molecule has 1 N–H and O–H groups in total. The van der Waals surface area contributed by atoms with E-state index >= 15 is 0 Å². The zero-order valence-corrected chi connectivity index (χ0v) is 17.6. The lowest BCUT2D eigenvalue weighted by molar-refractivity contribution is -0.126. The van der Waals surface area contributed by atoms with Gasteiger partial charge in [-0.25, -0.2) is 4.79 Å². The van der Waals surface area contributed by atoms with Crippen molar-refractivity contribution in [3.8, 4) is 5.75 Å². The Kier molecular flexibility index (Phi) is 5.97. The molecule has 0 unspecified atom stereocenters. The highest BCUT2D eigenvalue weighted by Crippen LogP contribution is 2.36. The number of amides is 3. The second kappa shape index (κ2) is 8.81. The Balaban J connectivity index is 1.37. The van der Waals surface area contributed by atoms with Crippen molar-refractivity contribution in [2.24, 2.45) is 5.92 Å². The van der Waals surface area contributed by atoms with E-state index in [2.05, 4.69) is 12.2 Å². The van der Waals surface area contributed by atoms with E-state index in [1.165, 1.54) is 0 Å². The molecule has 0 bridgehead atoms. The number of carbonyl (C=O) groups is 2. The van der Waals surface area contributed by atoms with Crippen molar-refractivity contribution in [2.45, 2.75) is 45.8 Å². The molecule has 160 valence electrons. The second-order valence-corrected chi connectivity index (χ2v) is 8.07. The summed E-state index contributed by atoms with van der Waals surface area (Å²) in [7, 11) is 0. The average Bonchev–Trinajstić information content (AvgIpc) is 3.30. The van der Waals surface area contributed by atoms with E-state index in [4.69, 9.17) is 9.15 Å². The molecule has 7 nitrogen and oxygen atoms in total. The number of nitrogens with one attached hydrogen (secondary N) is 1. The van der Waals surface area contributed by atoms with Crippen LogP contribution in [0.5, 0.6) is 5.75 Å². The smallest absolute Gasteiger partial charge is 0.324 e. The van der Waals surface area contributed by atoms with Crippen LogP contribution in [0, 0.1) is 12.8 Å². The quantitative estimate of drug-likeness (QED) is 0.832. The number of benzene rings is 1. The SMILES string of the molecule is CC[C@H]1CN(C(=O)N2CCC(C(=O)NCc3ccco3)CC2)c2cc(C)ccc2O1. The second-order valence-electron chi connectivity index (χ2n) is 8.07. The van der Waals surface area contributed by atoms with Gasteiger partial charge in [0.2, 0.25) is 5.91 Å². The number of aryl methyl sites for hydroxylation is 1. The van der Waals surface area contributed by atoms with Crippen LogP contribution in [0.25, 0.3) is 0 Å². The number of nitrogens with zero attached hydrogens (tertiary/aromatic N) is 2. The number of hydrogen-bond donors (Lipinski definition) is 1. The molecule has 2 aliphatic heterocycles. The third-order valence-electron chi connectivity index (χ3n) is 5.92. The predicted octanol–water partition coefficient (Wildman–Crippen LogP) is 3.71. The van der Waals surface area contributed by atoms with Crippen LogP contribution in [0.3, 0.4) is 0 Å². The minimum Gasteiger partial charge on any atom is -0.486 e. The van der Waals surface area contributed by atoms with Crippen LogP contribution in [0.4, 0.5) is 10.5 Å². The number of hydrogen-bond acceptors (Lipinski definition) is 4. The minimum atomic E-state index is -0.0772. The summed E-state index contributed by atoms with van der Waals surface area (Å²) in [6.07, 6.45) is 3.76. The van der Waals surface area contributed by atoms with Gasteiger partial charge in [-0.05, 0) is 56.0 Å². The largest absolute Gasteiger partial charge is 0.486 e. The van der Waals surface area contributed by atoms with Crippen LogP contribution < -0.4 is 15.0 Å². The monoisotopic (exact) mass is 411 g/mol. The van der Waals surface area contributed by atoms with Crippen molar-refractivity contribution in [1.29, 1.82) is 0 Å². The van der Waals surface area contributed by atoms with Crippen LogP contribution in [0.15, 0.2) is 41.0 Å². The zero-order chi connectivity index (χ0) is 21.1. The first-order chi connectivity index (χ1) is 14.5. The van der Waals surface area contributed by atoms with Gasteiger partial charge < -0.3 is 19.4 Å². The van der Waals surface area contributed by atoms with Crippen molar-refractivity contribution >= 4 is 17.6 Å². The first kappa shape index (κ1) is 20.3. The number of ether oxygens (including phenoxy) is 1. The van der Waals surface area contributed by atoms with Crippen molar-refractivity contribution in [1.82, 2.24) is 10.2 Å². The molecule has 0 aliphatic carbocycles. The summed E-state index contributed by atoms with van der Waals surface area (Å²) in [6, 6.07) is 9.60. The molecule has 7 heteroatoms. The molecule has 4 rings (SSSR count). The van der Waals surface area contributed by atoms with E-state index in [0.717, 1.165) is 29.2 Å². The van der Waals surface area contributed by atoms with Gasteiger partial charge in [-0.3, -0.25) is 9.69 Å². The van der Waals surface area contributed by atoms with Crippen LogP contribution >= 0.6 is 0 Å². The van der Waals surface area contributed by atoms with Gasteiger partial charge in [0.25, 0.3) is 0 Å². The average molecular weight is 412 g/mol. The first-order valence-corrected chi connectivity index (χ1v) is 10.7. The first-order valence-electron chi connectivity index (χ1n) is 10.7. The molecule has 30 heavy (non-hydrogen) atoms. The normalized spacial score (nSPS) is 19.2. The fraction of sp³-hybridized carbons (Fsp3) is 0.478. The number of piperidine rings is 1. The Labute approximate surface area is 177 Å². The lowest BCUT2D eigenvalue weighted by Crippen LogP contribution is -2.52. The fourth-order valence-electron chi connectivity index (χ4n) is 4.09. The third kappa shape index (κ3) is 4.30. The van der Waals surface area contributed by atoms with Crippen molar-refractivity contribution in [3.63, 3.8) is 0 Å². The number of carbonyl (C=O) groups excluding carboxylic acids is 2. The molecule has 1 aromatic heterocycles. The lowest BCUT2D eigenvalue weighted by atomic mass is 9.96. The van der Waals surface area contributed by atoms with E-state index in [1.807, 2.05) is 41.0 Å². The van der Waals surface area contributed by atoms with E-state index in [-0.39, 0.29) is 24.0 Å². The van der Waals surface area contributed by atoms with Crippen LogP contribution in [-0.4, -0.2) is 42.6 Å². The van der Waals surface area contributed by atoms with Crippen LogP contribution in [-0.2, 0) is 11.3 Å². The minimum absolute atomic E-state index is 0.00181. The fourth-order valence-corrected chi connectivity index (χ4v) is 4.09. The number of rotatable bonds is 4. The maximum absolute atomic E-state index is 13.3. The Bertz CT molecular complexity index is 888. The van der Waals surface area contributed by atoms with Crippen LogP contribution in [0.2, 0.25) is 0 Å². The standard InChI is InChI=1S/C23H29N3O4/c1-3-18-15-26(20-13-16(2)6-7-21(20)30-18)23(28)25-10-8-17(9-11-25)22(27)24-14-19-5-4-12-29-19/h4-7,12-13,17-18H,3,8-11,14-15H2,1-2H3,(H,24,27)/t18-/m0/s1. The summed E-state index contributed by atoms with van der Waals surface area (Å²) < 4.78 is 11.3. The highest BCUT2D eigenvalue weighted by atomic mass is 16.5. The summed E-state index contributed by atoms with van der Waals surface area (Å²) in [4.78, 5) is 29.5. The van der Waals surface area contributed by atoms with Crippen molar-refractivity contribution in [2.75, 3.05) is 24.5 Å². The number of urea groups is 1. The number of furan rings is 1. The molecule has 3 amide bonds. The summed E-state index contributed by atoms with van der Waals surface area (Å²) in [5.41, 5.74) is 1.93. The summed E-state index contributed by atoms with van der Waals surface area (Å²) in [5.74, 6) is 1.45. The highest BCUT2D eigenvalue weighted by molar-refractivity contribution is 5.94. The van der Waals surface area contributed by atoms with Gasteiger partial charge >= 0.3 is 6.03 Å². The molecular weight excluding hydrogens is 382 g/mol. The molecule has 0 saturated carbocycles. The predicted molar refractivity (Wildman–Crippen MR) is 113 cm³/mol. The topological polar surface area (TPSA) is 75.0 Å². The van der Waals surface area contributed by atoms with Gasteiger partial charge in [0.1, 0.15) is 17.6 Å². The molecule has 1 atom stereocenters. The number of anilines is 1. The van der Waals surface area contributed by atoms with Crippen molar-refractivity contribution in [3.05, 3.63) is 47.9 Å². The van der Waals surface area contributed by atoms with Gasteiger partial charge in [-0.15, -0.1) is 0 Å². The Morgan fingerprint density at radius 2 is 2.00 bits per heavy atom. The van der Waals surface area contributed by atoms with E-state index < -0.39 is 0 Å². The molecule has 2 aromatic rings. The molecule has 1 fully saturated rings. The van der Waals surface area contributed by atoms with Gasteiger partial charge in [0.15, 0.2) is 0 Å². The van der Waals surface area contributed by atoms with Crippen molar-refractivity contribution < 1.29 is 18.7 Å². The lowest BCUT2D eigenvalue weighted by Gasteiger charge is -2.39. The molecule has 1 saturated heterocycles. The molecule has 0 spiro atoms. The van der Waals surface area contributed by atoms with Gasteiger partial charge in [-0.2, -0.15) is 0 Å². The Morgan fingerprint density at radius 3 is 2.70 bits per heavy atom. The molecule has 2 aliphatic rings. The molecule has 3 heterocycles. The van der Waals surface area contributed by atoms with Gasteiger partial charge in [0, 0.05) is 19.0 Å². The maximum atomic E-state index is 13.3. The highest BCUT2D eigenvalue weighted by Gasteiger charge is 2.34. The van der Waals surface area contributed by atoms with Gasteiger partial charge in [0.05, 0.1) is 25.0 Å². The third-order valence-corrected chi connectivity index (χ3v) is 5.92. The maximum Gasteiger partial charge on any atom is 0.324 e. The van der Waals surface area contributed by atoms with E-state index in [0.29, 0.717) is 39.0 Å². The zero-order valence-electron chi connectivity index (χ0n) is 17.6. The Morgan fingerprint density at radius 1 is 1.20 bits per heavy atom. The number of likely N-dealkylation sites (tertiary alicyclic amines) is 1. The Hall–Kier alpha value is -2.96. The molecule has 1 aromatic carbocycles. The summed E-state index contributed by atoms with van der Waals surface area (Å²) >= 11 is 0. The van der Waals surface area contributed by atoms with E-state index in [9.17, 15) is 9.59 Å². The molecular formula is C23H29N3O4. The summed E-state index contributed by atoms with van der Waals surface area (Å²) in [6.45, 7) is 6.18. The summed E-state index contributed by atoms with van der Waals surface area (Å²) in [5, 5.41) is 2.93.